The normalized spacial score (nSPS) is 15.2. The Bertz CT molecular complexity index is 1430. The zero-order chi connectivity index (χ0) is 25.9. The maximum atomic E-state index is 13.6. The number of fused-ring (bicyclic) bond motifs is 2. The summed E-state index contributed by atoms with van der Waals surface area (Å²) in [4.78, 5) is 16.9. The molecule has 7 nitrogen and oxygen atoms in total. The second kappa shape index (κ2) is 10.6. The smallest absolute Gasteiger partial charge is 0.255 e. The van der Waals surface area contributed by atoms with E-state index < -0.39 is 6.04 Å². The highest BCUT2D eigenvalue weighted by molar-refractivity contribution is 5.99. The Morgan fingerprint density at radius 2 is 1.92 bits per heavy atom. The van der Waals surface area contributed by atoms with Crippen molar-refractivity contribution in [2.75, 3.05) is 20.8 Å². The van der Waals surface area contributed by atoms with Gasteiger partial charge in [-0.25, -0.2) is 0 Å². The lowest BCUT2D eigenvalue weighted by Crippen LogP contribution is -2.39. The number of amides is 1. The lowest BCUT2D eigenvalue weighted by atomic mass is 9.96. The van der Waals surface area contributed by atoms with Crippen molar-refractivity contribution in [1.82, 2.24) is 10.3 Å². The van der Waals surface area contributed by atoms with E-state index in [0.29, 0.717) is 29.2 Å². The molecule has 0 bridgehead atoms. The van der Waals surface area contributed by atoms with Crippen LogP contribution >= 0.6 is 0 Å². The monoisotopic (exact) mass is 500 g/mol. The van der Waals surface area contributed by atoms with Crippen molar-refractivity contribution in [2.45, 2.75) is 38.3 Å². The number of benzene rings is 3. The van der Waals surface area contributed by atoms with Crippen LogP contribution in [-0.4, -0.2) is 49.0 Å². The van der Waals surface area contributed by atoms with Crippen LogP contribution < -0.4 is 19.5 Å². The van der Waals surface area contributed by atoms with Gasteiger partial charge in [-0.15, -0.1) is 0 Å². The molecular weight excluding hydrogens is 468 g/mol. The SMILES string of the molecule is CC[C@@H]1Cc2cc(-c3ccc(OC)c(OC)c3)cc(C(=O)NC(CO)Cc3c[nH]c4ccccc34)c2O1. The molecule has 5 rings (SSSR count). The Kier molecular flexibility index (Phi) is 7.06. The number of methoxy groups -OCH3 is 2. The Labute approximate surface area is 216 Å². The molecule has 0 aliphatic carbocycles. The number of aliphatic hydroxyl groups excluding tert-OH is 1. The highest BCUT2D eigenvalue weighted by Crippen LogP contribution is 2.39. The summed E-state index contributed by atoms with van der Waals surface area (Å²) in [6.07, 6.45) is 4.06. The van der Waals surface area contributed by atoms with E-state index in [1.807, 2.05) is 54.7 Å². The van der Waals surface area contributed by atoms with E-state index in [9.17, 15) is 9.90 Å². The van der Waals surface area contributed by atoms with Crippen LogP contribution in [-0.2, 0) is 12.8 Å². The van der Waals surface area contributed by atoms with Crippen molar-refractivity contribution in [3.63, 3.8) is 0 Å². The van der Waals surface area contributed by atoms with E-state index in [1.54, 1.807) is 14.2 Å². The molecule has 1 amide bonds. The molecule has 2 heterocycles. The van der Waals surface area contributed by atoms with E-state index in [-0.39, 0.29) is 18.6 Å². The van der Waals surface area contributed by atoms with Crippen molar-refractivity contribution >= 4 is 16.8 Å². The Morgan fingerprint density at radius 3 is 2.68 bits per heavy atom. The van der Waals surface area contributed by atoms with Crippen LogP contribution in [0.1, 0.15) is 34.8 Å². The fourth-order valence-corrected chi connectivity index (χ4v) is 5.00. The molecule has 3 N–H and O–H groups in total. The van der Waals surface area contributed by atoms with Gasteiger partial charge < -0.3 is 29.6 Å². The minimum Gasteiger partial charge on any atom is -0.493 e. The first-order valence-electron chi connectivity index (χ1n) is 12.6. The van der Waals surface area contributed by atoms with Crippen molar-refractivity contribution in [1.29, 1.82) is 0 Å². The lowest BCUT2D eigenvalue weighted by Gasteiger charge is -2.18. The molecule has 0 saturated heterocycles. The van der Waals surface area contributed by atoms with E-state index in [4.69, 9.17) is 14.2 Å². The topological polar surface area (TPSA) is 92.8 Å². The van der Waals surface area contributed by atoms with Gasteiger partial charge in [-0.1, -0.05) is 31.2 Å². The molecule has 7 heteroatoms. The number of hydrogen-bond acceptors (Lipinski definition) is 5. The number of nitrogens with one attached hydrogen (secondary N) is 2. The van der Waals surface area contributed by atoms with Crippen LogP contribution in [0.2, 0.25) is 0 Å². The molecule has 1 unspecified atom stereocenters. The summed E-state index contributed by atoms with van der Waals surface area (Å²) in [6.45, 7) is 1.90. The second-order valence-electron chi connectivity index (χ2n) is 9.35. The Balaban J connectivity index is 1.46. The quantitative estimate of drug-likeness (QED) is 0.304. The standard InChI is InChI=1S/C30H32N2O5/c1-4-23-13-20-11-19(18-9-10-27(35-2)28(15-18)36-3)14-25(29(20)37-23)30(34)32-22(17-33)12-21-16-31-26-8-6-5-7-24(21)26/h5-11,14-16,22-23,31,33H,4,12-13,17H2,1-3H3,(H,32,34)/t22?,23-/m1/s1. The molecule has 0 radical (unpaired) electrons. The summed E-state index contributed by atoms with van der Waals surface area (Å²) in [5, 5.41) is 14.2. The molecule has 1 aromatic heterocycles. The van der Waals surface area contributed by atoms with Gasteiger partial charge in [0, 0.05) is 23.5 Å². The zero-order valence-corrected chi connectivity index (χ0v) is 21.3. The first-order valence-corrected chi connectivity index (χ1v) is 12.6. The molecule has 0 saturated carbocycles. The summed E-state index contributed by atoms with van der Waals surface area (Å²) in [7, 11) is 3.21. The summed E-state index contributed by atoms with van der Waals surface area (Å²) in [5.41, 5.74) is 5.34. The van der Waals surface area contributed by atoms with E-state index in [0.717, 1.165) is 46.0 Å². The number of aliphatic hydroxyl groups is 1. The lowest BCUT2D eigenvalue weighted by molar-refractivity contribution is 0.0911. The highest BCUT2D eigenvalue weighted by atomic mass is 16.5. The first-order chi connectivity index (χ1) is 18.0. The predicted molar refractivity (Wildman–Crippen MR) is 144 cm³/mol. The van der Waals surface area contributed by atoms with E-state index in [1.165, 1.54) is 0 Å². The maximum Gasteiger partial charge on any atom is 0.255 e. The summed E-state index contributed by atoms with van der Waals surface area (Å²) >= 11 is 0. The van der Waals surface area contributed by atoms with Crippen molar-refractivity contribution in [3.05, 3.63) is 77.5 Å². The van der Waals surface area contributed by atoms with Crippen LogP contribution in [0, 0.1) is 0 Å². The van der Waals surface area contributed by atoms with Crippen LogP contribution in [0.3, 0.4) is 0 Å². The summed E-state index contributed by atoms with van der Waals surface area (Å²) in [5.74, 6) is 1.61. The second-order valence-corrected chi connectivity index (χ2v) is 9.35. The molecule has 0 fully saturated rings. The van der Waals surface area contributed by atoms with Gasteiger partial charge in [-0.05, 0) is 65.4 Å². The predicted octanol–water partition coefficient (Wildman–Crippen LogP) is 4.90. The third kappa shape index (κ3) is 4.87. The van der Waals surface area contributed by atoms with Crippen molar-refractivity contribution < 1.29 is 24.1 Å². The van der Waals surface area contributed by atoms with Crippen molar-refractivity contribution in [3.8, 4) is 28.4 Å². The van der Waals surface area contributed by atoms with Gasteiger partial charge >= 0.3 is 0 Å². The number of rotatable bonds is 9. The van der Waals surface area contributed by atoms with Crippen LogP contribution in [0.25, 0.3) is 22.0 Å². The van der Waals surface area contributed by atoms with Gasteiger partial charge in [0.25, 0.3) is 5.91 Å². The fraction of sp³-hybridized carbons (Fsp3) is 0.300. The van der Waals surface area contributed by atoms with Gasteiger partial charge in [-0.2, -0.15) is 0 Å². The average Bonchev–Trinajstić information content (AvgIpc) is 3.55. The summed E-state index contributed by atoms with van der Waals surface area (Å²) < 4.78 is 17.1. The number of aromatic nitrogens is 1. The molecule has 1 aliphatic heterocycles. The van der Waals surface area contributed by atoms with Gasteiger partial charge in [0.1, 0.15) is 11.9 Å². The first kappa shape index (κ1) is 24.7. The minimum absolute atomic E-state index is 0.0297. The van der Waals surface area contributed by atoms with E-state index >= 15 is 0 Å². The molecule has 1 aliphatic rings. The van der Waals surface area contributed by atoms with E-state index in [2.05, 4.69) is 23.3 Å². The number of aromatic amines is 1. The molecule has 192 valence electrons. The Hall–Kier alpha value is -3.97. The molecular formula is C30H32N2O5. The van der Waals surface area contributed by atoms with Crippen LogP contribution in [0.15, 0.2) is 60.8 Å². The van der Waals surface area contributed by atoms with Crippen LogP contribution in [0.5, 0.6) is 17.2 Å². The maximum absolute atomic E-state index is 13.6. The number of ether oxygens (including phenoxy) is 3. The zero-order valence-electron chi connectivity index (χ0n) is 21.3. The van der Waals surface area contributed by atoms with Crippen LogP contribution in [0.4, 0.5) is 0 Å². The Morgan fingerprint density at radius 1 is 1.11 bits per heavy atom. The van der Waals surface area contributed by atoms with Gasteiger partial charge in [0.15, 0.2) is 11.5 Å². The highest BCUT2D eigenvalue weighted by Gasteiger charge is 2.29. The molecule has 3 aromatic carbocycles. The minimum atomic E-state index is -0.449. The molecule has 4 aromatic rings. The fourth-order valence-electron chi connectivity index (χ4n) is 5.00. The largest absolute Gasteiger partial charge is 0.493 e. The number of hydrogen-bond donors (Lipinski definition) is 3. The molecule has 2 atom stereocenters. The third-order valence-corrected chi connectivity index (χ3v) is 7.01. The average molecular weight is 501 g/mol. The van der Waals surface area contributed by atoms with Gasteiger partial charge in [0.05, 0.1) is 32.4 Å². The third-order valence-electron chi connectivity index (χ3n) is 7.01. The molecule has 37 heavy (non-hydrogen) atoms. The number of carbonyl (C=O) groups is 1. The number of H-pyrrole nitrogens is 1. The van der Waals surface area contributed by atoms with Crippen molar-refractivity contribution in [2.24, 2.45) is 0 Å². The van der Waals surface area contributed by atoms with Gasteiger partial charge in [-0.3, -0.25) is 4.79 Å². The summed E-state index contributed by atoms with van der Waals surface area (Å²) in [6, 6.07) is 17.2. The van der Waals surface area contributed by atoms with Gasteiger partial charge in [0.2, 0.25) is 0 Å². The number of carbonyl (C=O) groups excluding carboxylic acids is 1. The molecule has 0 spiro atoms. The number of para-hydroxylation sites is 1.